The van der Waals surface area contributed by atoms with Gasteiger partial charge in [0.1, 0.15) is 30.0 Å². The van der Waals surface area contributed by atoms with Crippen molar-refractivity contribution in [3.8, 4) is 0 Å². The number of benzene rings is 2. The maximum atomic E-state index is 11.0. The minimum atomic E-state index is -1.46. The number of halogens is 1. The fourth-order valence-electron chi connectivity index (χ4n) is 4.85. The van der Waals surface area contributed by atoms with Gasteiger partial charge in [-0.2, -0.15) is 0 Å². The topological polar surface area (TPSA) is 99.4 Å². The second-order valence-electron chi connectivity index (χ2n) is 8.46. The molecule has 0 saturated carbocycles. The highest BCUT2D eigenvalue weighted by atomic mass is 35.5. The minimum Gasteiger partial charge on any atom is -0.394 e. The number of fused-ring (bicyclic) bond motifs is 2. The molecule has 2 aliphatic rings. The summed E-state index contributed by atoms with van der Waals surface area (Å²) in [5, 5.41) is 42.0. The number of aryl methyl sites for hydroxylation is 1. The van der Waals surface area contributed by atoms with E-state index in [0.29, 0.717) is 17.0 Å². The number of ether oxygens (including phenoxy) is 2. The Labute approximate surface area is 187 Å². The Hall–Kier alpha value is -1.51. The quantitative estimate of drug-likeness (QED) is 0.560. The van der Waals surface area contributed by atoms with Crippen molar-refractivity contribution in [3.05, 3.63) is 69.2 Å². The van der Waals surface area contributed by atoms with Crippen LogP contribution in [0.1, 0.15) is 47.3 Å². The standard InChI is InChI=1S/C24H29ClO6/c1-3-13-4-6-14(7-5-13)8-15-9-17-16(10-18(15)25)19(30-2)11-24(17)23(29)22(28)21(27)20(12-26)31-24/h4-7,9-10,19-23,26-29H,3,8,11-12H2,1-2H3. The highest BCUT2D eigenvalue weighted by Gasteiger charge is 2.59. The van der Waals surface area contributed by atoms with Crippen molar-refractivity contribution in [1.82, 2.24) is 0 Å². The first-order chi connectivity index (χ1) is 14.8. The molecule has 0 bridgehead atoms. The summed E-state index contributed by atoms with van der Waals surface area (Å²) < 4.78 is 11.7. The van der Waals surface area contributed by atoms with E-state index < -0.39 is 42.7 Å². The van der Waals surface area contributed by atoms with Crippen LogP contribution in [0.2, 0.25) is 5.02 Å². The average molecular weight is 449 g/mol. The smallest absolute Gasteiger partial charge is 0.125 e. The molecule has 31 heavy (non-hydrogen) atoms. The van der Waals surface area contributed by atoms with Crippen molar-refractivity contribution in [2.45, 2.75) is 62.3 Å². The monoisotopic (exact) mass is 448 g/mol. The van der Waals surface area contributed by atoms with Crippen LogP contribution in [0, 0.1) is 0 Å². The molecule has 1 heterocycles. The molecule has 4 rings (SSSR count). The lowest BCUT2D eigenvalue weighted by atomic mass is 9.80. The van der Waals surface area contributed by atoms with Crippen LogP contribution >= 0.6 is 11.6 Å². The van der Waals surface area contributed by atoms with Gasteiger partial charge in [0.25, 0.3) is 0 Å². The van der Waals surface area contributed by atoms with Gasteiger partial charge in [-0.1, -0.05) is 48.9 Å². The molecule has 4 N–H and O–H groups in total. The van der Waals surface area contributed by atoms with Crippen LogP contribution in [0.3, 0.4) is 0 Å². The van der Waals surface area contributed by atoms with E-state index in [1.165, 1.54) is 5.56 Å². The molecule has 1 spiro atoms. The van der Waals surface area contributed by atoms with Crippen molar-refractivity contribution >= 4 is 11.6 Å². The molecule has 6 atom stereocenters. The molecular weight excluding hydrogens is 420 g/mol. The molecule has 1 saturated heterocycles. The van der Waals surface area contributed by atoms with Gasteiger partial charge in [0.2, 0.25) is 0 Å². The third-order valence-corrected chi connectivity index (χ3v) is 7.05. The zero-order chi connectivity index (χ0) is 22.3. The van der Waals surface area contributed by atoms with Gasteiger partial charge in [0, 0.05) is 18.6 Å². The second-order valence-corrected chi connectivity index (χ2v) is 8.87. The summed E-state index contributed by atoms with van der Waals surface area (Å²) in [5.74, 6) is 0. The van der Waals surface area contributed by atoms with Gasteiger partial charge in [-0.15, -0.1) is 0 Å². The molecule has 6 unspecified atom stereocenters. The summed E-state index contributed by atoms with van der Waals surface area (Å²) in [5.41, 5.74) is 3.35. The predicted octanol–water partition coefficient (Wildman–Crippen LogP) is 2.25. The Bertz CT molecular complexity index is 930. The normalized spacial score (nSPS) is 32.4. The van der Waals surface area contributed by atoms with Gasteiger partial charge in [-0.05, 0) is 46.7 Å². The summed E-state index contributed by atoms with van der Waals surface area (Å²) in [6.45, 7) is 1.63. The summed E-state index contributed by atoms with van der Waals surface area (Å²) >= 11 is 6.62. The second kappa shape index (κ2) is 8.79. The van der Waals surface area contributed by atoms with Crippen molar-refractivity contribution in [2.24, 2.45) is 0 Å². The van der Waals surface area contributed by atoms with E-state index in [-0.39, 0.29) is 6.42 Å². The summed E-state index contributed by atoms with van der Waals surface area (Å²) in [6.07, 6.45) is -3.86. The van der Waals surface area contributed by atoms with Crippen LogP contribution in [0.5, 0.6) is 0 Å². The lowest BCUT2D eigenvalue weighted by molar-refractivity contribution is -0.282. The first kappa shape index (κ1) is 22.7. The van der Waals surface area contributed by atoms with E-state index in [1.807, 2.05) is 12.1 Å². The van der Waals surface area contributed by atoms with E-state index in [9.17, 15) is 20.4 Å². The van der Waals surface area contributed by atoms with Crippen LogP contribution in [0.4, 0.5) is 0 Å². The van der Waals surface area contributed by atoms with Crippen LogP contribution < -0.4 is 0 Å². The fraction of sp³-hybridized carbons (Fsp3) is 0.500. The number of methoxy groups -OCH3 is 1. The molecule has 0 amide bonds. The Morgan fingerprint density at radius 2 is 1.77 bits per heavy atom. The molecule has 1 fully saturated rings. The predicted molar refractivity (Wildman–Crippen MR) is 116 cm³/mol. The first-order valence-electron chi connectivity index (χ1n) is 10.6. The van der Waals surface area contributed by atoms with Crippen molar-refractivity contribution < 1.29 is 29.9 Å². The molecule has 6 nitrogen and oxygen atoms in total. The molecule has 7 heteroatoms. The summed E-state index contributed by atoms with van der Waals surface area (Å²) in [4.78, 5) is 0. The maximum Gasteiger partial charge on any atom is 0.125 e. The van der Waals surface area contributed by atoms with Crippen LogP contribution in [0.25, 0.3) is 0 Å². The number of hydrogen-bond acceptors (Lipinski definition) is 6. The molecule has 0 radical (unpaired) electrons. The third kappa shape index (κ3) is 3.80. The van der Waals surface area contributed by atoms with E-state index in [2.05, 4.69) is 31.2 Å². The number of hydrogen-bond donors (Lipinski definition) is 4. The largest absolute Gasteiger partial charge is 0.394 e. The Balaban J connectivity index is 1.77. The summed E-state index contributed by atoms with van der Waals surface area (Å²) in [7, 11) is 1.56. The zero-order valence-corrected chi connectivity index (χ0v) is 18.4. The highest BCUT2D eigenvalue weighted by Crippen LogP contribution is 2.53. The van der Waals surface area contributed by atoms with Crippen molar-refractivity contribution in [1.29, 1.82) is 0 Å². The lowest BCUT2D eigenvalue weighted by Gasteiger charge is -2.47. The molecule has 1 aliphatic carbocycles. The molecular formula is C24H29ClO6. The van der Waals surface area contributed by atoms with Gasteiger partial charge in [0.15, 0.2) is 0 Å². The maximum absolute atomic E-state index is 11.0. The highest BCUT2D eigenvalue weighted by molar-refractivity contribution is 6.31. The lowest BCUT2D eigenvalue weighted by Crippen LogP contribution is -2.62. The van der Waals surface area contributed by atoms with E-state index in [0.717, 1.165) is 23.1 Å². The Morgan fingerprint density at radius 1 is 1.10 bits per heavy atom. The molecule has 2 aromatic rings. The van der Waals surface area contributed by atoms with Crippen LogP contribution in [-0.4, -0.2) is 58.6 Å². The van der Waals surface area contributed by atoms with Gasteiger partial charge in [0.05, 0.1) is 12.7 Å². The van der Waals surface area contributed by atoms with Crippen LogP contribution in [-0.2, 0) is 27.9 Å². The van der Waals surface area contributed by atoms with Crippen LogP contribution in [0.15, 0.2) is 36.4 Å². The van der Waals surface area contributed by atoms with E-state index in [1.54, 1.807) is 7.11 Å². The molecule has 168 valence electrons. The van der Waals surface area contributed by atoms with Gasteiger partial charge in [-0.25, -0.2) is 0 Å². The first-order valence-corrected chi connectivity index (χ1v) is 11.0. The average Bonchev–Trinajstić information content (AvgIpc) is 3.08. The summed E-state index contributed by atoms with van der Waals surface area (Å²) in [6, 6.07) is 12.1. The van der Waals surface area contributed by atoms with Gasteiger partial charge in [-0.3, -0.25) is 0 Å². The molecule has 0 aromatic heterocycles. The fourth-order valence-corrected chi connectivity index (χ4v) is 5.09. The Morgan fingerprint density at radius 3 is 2.39 bits per heavy atom. The SMILES string of the molecule is CCc1ccc(Cc2cc3c(cc2Cl)C(OC)CC32OC(CO)C(O)C(O)C2O)cc1. The molecule has 2 aromatic carbocycles. The number of rotatable bonds is 5. The Kier molecular flexibility index (Phi) is 6.43. The zero-order valence-electron chi connectivity index (χ0n) is 17.7. The van der Waals surface area contributed by atoms with Crippen molar-refractivity contribution in [3.63, 3.8) is 0 Å². The van der Waals surface area contributed by atoms with Gasteiger partial charge >= 0.3 is 0 Å². The minimum absolute atomic E-state index is 0.241. The third-order valence-electron chi connectivity index (χ3n) is 6.69. The van der Waals surface area contributed by atoms with E-state index in [4.69, 9.17) is 21.1 Å². The van der Waals surface area contributed by atoms with Crippen molar-refractivity contribution in [2.75, 3.05) is 13.7 Å². The van der Waals surface area contributed by atoms with Gasteiger partial charge < -0.3 is 29.9 Å². The molecule has 1 aliphatic heterocycles. The van der Waals surface area contributed by atoms with E-state index >= 15 is 0 Å². The number of aliphatic hydroxyl groups is 4. The number of aliphatic hydroxyl groups excluding tert-OH is 4.